The molecule has 0 unspecified atom stereocenters. The minimum atomic E-state index is -5.65. The second-order valence-electron chi connectivity index (χ2n) is 8.33. The zero-order valence-corrected chi connectivity index (χ0v) is 18.7. The molecular weight excluding hydrogens is 478 g/mol. The number of carbonyl (C=O) groups excluding carboxylic acids is 1. The molecule has 0 radical (unpaired) electrons. The highest BCUT2D eigenvalue weighted by molar-refractivity contribution is 7.90. The zero-order valence-electron chi connectivity index (χ0n) is 17.8. The lowest BCUT2D eigenvalue weighted by molar-refractivity contribution is -0.150. The van der Waals surface area contributed by atoms with Crippen molar-refractivity contribution >= 4 is 15.9 Å². The Morgan fingerprint density at radius 1 is 1.12 bits per heavy atom. The number of nitrogens with one attached hydrogen (secondary N) is 1. The second kappa shape index (κ2) is 9.25. The van der Waals surface area contributed by atoms with Crippen LogP contribution >= 0.6 is 0 Å². The van der Waals surface area contributed by atoms with E-state index in [2.05, 4.69) is 0 Å². The number of fused-ring (bicyclic) bond motifs is 1. The number of nitrogens with two attached hydrogens (primary N) is 1. The molecule has 2 aromatic carbocycles. The van der Waals surface area contributed by atoms with Crippen molar-refractivity contribution in [3.8, 4) is 0 Å². The van der Waals surface area contributed by atoms with Gasteiger partial charge in [0.25, 0.3) is 5.91 Å². The van der Waals surface area contributed by atoms with Gasteiger partial charge in [-0.2, -0.15) is 13.2 Å². The highest BCUT2D eigenvalue weighted by Crippen LogP contribution is 2.36. The molecule has 2 aromatic rings. The predicted molar refractivity (Wildman–Crippen MR) is 114 cm³/mol. The molecule has 0 saturated carbocycles. The highest BCUT2D eigenvalue weighted by Gasteiger charge is 2.49. The summed E-state index contributed by atoms with van der Waals surface area (Å²) in [4.78, 5) is 15.0. The molecule has 2 heterocycles. The van der Waals surface area contributed by atoms with Crippen LogP contribution in [0.4, 0.5) is 17.6 Å². The van der Waals surface area contributed by atoms with Crippen LogP contribution in [0.25, 0.3) is 0 Å². The van der Waals surface area contributed by atoms with Crippen LogP contribution in [0.2, 0.25) is 0 Å². The van der Waals surface area contributed by atoms with Crippen LogP contribution in [-0.4, -0.2) is 56.1 Å². The van der Waals surface area contributed by atoms with Crippen molar-refractivity contribution in [1.29, 1.82) is 0 Å². The molecule has 2 aliphatic heterocycles. The molecule has 184 valence electrons. The number of nitrogens with zero attached hydrogens (tertiary/aromatic N) is 1. The monoisotopic (exact) mass is 501 g/mol. The van der Waals surface area contributed by atoms with Crippen molar-refractivity contribution in [3.05, 3.63) is 71.0 Å². The van der Waals surface area contributed by atoms with E-state index in [-0.39, 0.29) is 13.0 Å². The third-order valence-corrected chi connectivity index (χ3v) is 7.34. The smallest absolute Gasteiger partial charge is 0.367 e. The van der Waals surface area contributed by atoms with Gasteiger partial charge in [0.2, 0.25) is 0 Å². The van der Waals surface area contributed by atoms with Gasteiger partial charge in [-0.3, -0.25) is 4.79 Å². The van der Waals surface area contributed by atoms with E-state index < -0.39 is 51.5 Å². The Balaban J connectivity index is 1.61. The first-order valence-corrected chi connectivity index (χ1v) is 12.1. The number of rotatable bonds is 4. The molecule has 34 heavy (non-hydrogen) atoms. The largest absolute Gasteiger partial charge is 0.511 e. The first-order valence-electron chi connectivity index (χ1n) is 10.6. The van der Waals surface area contributed by atoms with Crippen LogP contribution in [-0.2, 0) is 26.0 Å². The fourth-order valence-corrected chi connectivity index (χ4v) is 5.19. The van der Waals surface area contributed by atoms with E-state index in [1.165, 1.54) is 17.0 Å². The van der Waals surface area contributed by atoms with Crippen LogP contribution in [0.5, 0.6) is 0 Å². The van der Waals surface area contributed by atoms with Gasteiger partial charge in [-0.05, 0) is 35.2 Å². The summed E-state index contributed by atoms with van der Waals surface area (Å²) in [5.41, 5.74) is 2.80. The highest BCUT2D eigenvalue weighted by atomic mass is 32.2. The summed E-state index contributed by atoms with van der Waals surface area (Å²) < 4.78 is 82.4. The Bertz CT molecular complexity index is 1160. The van der Waals surface area contributed by atoms with Gasteiger partial charge in [0.15, 0.2) is 0 Å². The molecule has 12 heteroatoms. The normalized spacial score (nSPS) is 25.6. The lowest BCUT2D eigenvalue weighted by Gasteiger charge is -2.41. The van der Waals surface area contributed by atoms with E-state index in [1.54, 1.807) is 16.9 Å². The van der Waals surface area contributed by atoms with Crippen molar-refractivity contribution in [2.75, 3.05) is 13.2 Å². The summed E-state index contributed by atoms with van der Waals surface area (Å²) in [5.74, 6) is -0.943. The number of benzene rings is 2. The van der Waals surface area contributed by atoms with Gasteiger partial charge >= 0.3 is 15.5 Å². The van der Waals surface area contributed by atoms with Gasteiger partial charge in [0.05, 0.1) is 12.6 Å². The van der Waals surface area contributed by atoms with Crippen LogP contribution in [0.3, 0.4) is 0 Å². The number of carbonyl (C=O) groups is 1. The first-order chi connectivity index (χ1) is 16.0. The molecule has 1 amide bonds. The zero-order chi connectivity index (χ0) is 24.7. The number of alkyl halides is 3. The van der Waals surface area contributed by atoms with Crippen molar-refractivity contribution in [3.63, 3.8) is 0 Å². The Labute approximate surface area is 193 Å². The van der Waals surface area contributed by atoms with E-state index in [1.807, 2.05) is 24.3 Å². The molecule has 4 rings (SSSR count). The van der Waals surface area contributed by atoms with Gasteiger partial charge in [-0.15, -0.1) is 0 Å². The van der Waals surface area contributed by atoms with E-state index in [0.717, 1.165) is 11.1 Å². The number of hydrogen-bond acceptors (Lipinski definition) is 5. The minimum absolute atomic E-state index is 0.294. The third kappa shape index (κ3) is 4.81. The van der Waals surface area contributed by atoms with Gasteiger partial charge in [0, 0.05) is 25.0 Å². The summed E-state index contributed by atoms with van der Waals surface area (Å²) in [6.45, 7) is -0.00413. The average Bonchev–Trinajstić information content (AvgIpc) is 2.79. The van der Waals surface area contributed by atoms with E-state index >= 15 is 0 Å². The molecule has 1 saturated heterocycles. The summed E-state index contributed by atoms with van der Waals surface area (Å²) in [7, 11) is -5.65. The summed E-state index contributed by atoms with van der Waals surface area (Å²) in [6, 6.07) is 10.2. The predicted octanol–water partition coefficient (Wildman–Crippen LogP) is 2.22. The number of amides is 1. The van der Waals surface area contributed by atoms with Crippen LogP contribution < -0.4 is 10.5 Å². The number of hydrogen-bond donors (Lipinski definition) is 2. The van der Waals surface area contributed by atoms with Gasteiger partial charge in [-0.25, -0.2) is 17.5 Å². The Morgan fingerprint density at radius 3 is 2.47 bits per heavy atom. The van der Waals surface area contributed by atoms with Crippen molar-refractivity contribution in [1.82, 2.24) is 9.62 Å². The van der Waals surface area contributed by atoms with Gasteiger partial charge in [-0.1, -0.05) is 36.4 Å². The SMILES string of the molecule is N[C@@H]1CO[C@@H](C(=O)N2CCc3ccccc3[C@@H]2c2ccc(F)cc2)C[C@@H]1NS(=O)(=O)C(F)(F)F. The third-order valence-electron chi connectivity index (χ3n) is 6.11. The van der Waals surface area contributed by atoms with E-state index in [4.69, 9.17) is 10.5 Å². The van der Waals surface area contributed by atoms with E-state index in [0.29, 0.717) is 18.5 Å². The molecule has 4 atom stereocenters. The fourth-order valence-electron chi connectivity index (χ4n) is 4.38. The summed E-state index contributed by atoms with van der Waals surface area (Å²) in [6.07, 6.45) is -1.02. The quantitative estimate of drug-likeness (QED) is 0.626. The Kier molecular flexibility index (Phi) is 6.69. The first kappa shape index (κ1) is 24.6. The number of ether oxygens (including phenoxy) is 1. The van der Waals surface area contributed by atoms with Gasteiger partial charge < -0.3 is 15.4 Å². The lowest BCUT2D eigenvalue weighted by atomic mass is 9.87. The molecule has 0 bridgehead atoms. The average molecular weight is 502 g/mol. The number of halogens is 4. The molecule has 0 aromatic heterocycles. The minimum Gasteiger partial charge on any atom is -0.367 e. The molecule has 3 N–H and O–H groups in total. The Hall–Kier alpha value is -2.54. The molecule has 1 fully saturated rings. The molecule has 7 nitrogen and oxygen atoms in total. The lowest BCUT2D eigenvalue weighted by Crippen LogP contribution is -2.59. The maximum Gasteiger partial charge on any atom is 0.511 e. The Morgan fingerprint density at radius 2 is 1.79 bits per heavy atom. The van der Waals surface area contributed by atoms with Crippen LogP contribution in [0, 0.1) is 5.82 Å². The summed E-state index contributed by atoms with van der Waals surface area (Å²) in [5, 5.41) is 0. The van der Waals surface area contributed by atoms with Crippen molar-refractivity contribution in [2.24, 2.45) is 5.73 Å². The molecule has 2 aliphatic rings. The maximum atomic E-state index is 13.5. The van der Waals surface area contributed by atoms with Crippen LogP contribution in [0.15, 0.2) is 48.5 Å². The summed E-state index contributed by atoms with van der Waals surface area (Å²) >= 11 is 0. The maximum absolute atomic E-state index is 13.5. The van der Waals surface area contributed by atoms with E-state index in [9.17, 15) is 30.8 Å². The molecular formula is C22H23F4N3O4S. The van der Waals surface area contributed by atoms with Crippen molar-refractivity contribution < 1.29 is 35.5 Å². The van der Waals surface area contributed by atoms with Crippen molar-refractivity contribution in [2.45, 2.75) is 42.6 Å². The molecule has 0 aliphatic carbocycles. The molecule has 0 spiro atoms. The number of sulfonamides is 1. The second-order valence-corrected chi connectivity index (χ2v) is 10.0. The van der Waals surface area contributed by atoms with Crippen LogP contribution in [0.1, 0.15) is 29.2 Å². The topological polar surface area (TPSA) is 102 Å². The standard InChI is InChI=1S/C22H23F4N3O4S/c23-15-7-5-14(6-8-15)20-16-4-2-1-3-13(16)9-10-29(20)21(30)19-11-18(17(27)12-33-19)28-34(31,32)22(24,25)26/h1-8,17-20,28H,9-12,27H2/t17-,18+,19-,20+/m1/s1. The van der Waals surface area contributed by atoms with Gasteiger partial charge in [0.1, 0.15) is 11.9 Å². The fraction of sp³-hybridized carbons (Fsp3) is 0.409.